The fourth-order valence-electron chi connectivity index (χ4n) is 3.60. The summed E-state index contributed by atoms with van der Waals surface area (Å²) in [5, 5.41) is 4.16. The van der Waals surface area contributed by atoms with E-state index in [0.717, 1.165) is 5.56 Å². The second kappa shape index (κ2) is 9.07. The second-order valence-electron chi connectivity index (χ2n) is 7.32. The van der Waals surface area contributed by atoms with Gasteiger partial charge in [0, 0.05) is 21.3 Å². The maximum Gasteiger partial charge on any atom is 0.278 e. The van der Waals surface area contributed by atoms with Crippen LogP contribution in [0.25, 0.3) is 5.57 Å². The van der Waals surface area contributed by atoms with Gasteiger partial charge >= 0.3 is 0 Å². The maximum absolute atomic E-state index is 13.5. The normalized spacial score (nSPS) is 13.7. The summed E-state index contributed by atoms with van der Waals surface area (Å²) in [7, 11) is 1.52. The Bertz CT molecular complexity index is 1250. The lowest BCUT2D eigenvalue weighted by atomic mass is 10.0. The van der Waals surface area contributed by atoms with Gasteiger partial charge in [-0.15, -0.1) is 0 Å². The van der Waals surface area contributed by atoms with Gasteiger partial charge in [-0.25, -0.2) is 0 Å². The topological polar surface area (TPSA) is 58.6 Å². The minimum absolute atomic E-state index is 0.0513. The van der Waals surface area contributed by atoms with Crippen LogP contribution in [0.4, 0.5) is 5.69 Å². The van der Waals surface area contributed by atoms with Gasteiger partial charge in [-0.1, -0.05) is 65.7 Å². The summed E-state index contributed by atoms with van der Waals surface area (Å²) >= 11 is 12.5. The molecule has 5 nitrogen and oxygen atoms in total. The molecule has 0 atom stereocenters. The van der Waals surface area contributed by atoms with Crippen LogP contribution < -0.4 is 10.1 Å². The van der Waals surface area contributed by atoms with E-state index >= 15 is 0 Å². The van der Waals surface area contributed by atoms with Gasteiger partial charge in [0.25, 0.3) is 11.8 Å². The molecule has 1 aliphatic rings. The van der Waals surface area contributed by atoms with Gasteiger partial charge in [-0.2, -0.15) is 0 Å². The third kappa shape index (κ3) is 4.09. The molecule has 3 aromatic carbocycles. The standard InChI is InChI=1S/C25H20Cl2N2O3/c1-15-11-12-17(26)13-20(15)28-23-22(18-8-4-6-10-21(18)32-2)24(30)29(25(23)31)14-16-7-3-5-9-19(16)27/h3-13,28H,14H2,1-2H3. The molecule has 0 bridgehead atoms. The molecule has 0 aliphatic carbocycles. The summed E-state index contributed by atoms with van der Waals surface area (Å²) in [6.07, 6.45) is 0. The smallest absolute Gasteiger partial charge is 0.278 e. The first kappa shape index (κ1) is 21.9. The summed E-state index contributed by atoms with van der Waals surface area (Å²) in [5.41, 5.74) is 3.12. The van der Waals surface area contributed by atoms with Crippen LogP contribution in [0, 0.1) is 6.92 Å². The first-order valence-corrected chi connectivity index (χ1v) is 10.7. The van der Waals surface area contributed by atoms with Crippen molar-refractivity contribution < 1.29 is 14.3 Å². The number of rotatable bonds is 6. The zero-order valence-electron chi connectivity index (χ0n) is 17.5. The quantitative estimate of drug-likeness (QED) is 0.473. The predicted molar refractivity (Wildman–Crippen MR) is 127 cm³/mol. The molecule has 0 radical (unpaired) electrons. The van der Waals surface area contributed by atoms with E-state index in [1.165, 1.54) is 12.0 Å². The number of para-hydroxylation sites is 1. The van der Waals surface area contributed by atoms with Gasteiger partial charge in [-0.05, 0) is 42.3 Å². The van der Waals surface area contributed by atoms with E-state index < -0.39 is 11.8 Å². The third-order valence-corrected chi connectivity index (χ3v) is 5.89. The number of carbonyl (C=O) groups excluding carboxylic acids is 2. The van der Waals surface area contributed by atoms with Crippen LogP contribution in [-0.2, 0) is 16.1 Å². The largest absolute Gasteiger partial charge is 0.496 e. The number of benzene rings is 3. The van der Waals surface area contributed by atoms with E-state index in [1.54, 1.807) is 54.6 Å². The van der Waals surface area contributed by atoms with Crippen molar-refractivity contribution in [2.24, 2.45) is 0 Å². The highest BCUT2D eigenvalue weighted by Gasteiger charge is 2.40. The van der Waals surface area contributed by atoms with Gasteiger partial charge < -0.3 is 10.1 Å². The highest BCUT2D eigenvalue weighted by molar-refractivity contribution is 6.37. The average Bonchev–Trinajstić information content (AvgIpc) is 3.01. The van der Waals surface area contributed by atoms with Gasteiger partial charge in [-0.3, -0.25) is 14.5 Å². The molecule has 1 N–H and O–H groups in total. The van der Waals surface area contributed by atoms with Crippen molar-refractivity contribution >= 4 is 46.3 Å². The lowest BCUT2D eigenvalue weighted by Crippen LogP contribution is -2.32. The number of nitrogens with zero attached hydrogens (tertiary/aromatic N) is 1. The van der Waals surface area contributed by atoms with E-state index in [9.17, 15) is 9.59 Å². The molecule has 7 heteroatoms. The second-order valence-corrected chi connectivity index (χ2v) is 8.17. The number of methoxy groups -OCH3 is 1. The third-order valence-electron chi connectivity index (χ3n) is 5.29. The number of hydrogen-bond donors (Lipinski definition) is 1. The number of ether oxygens (including phenoxy) is 1. The molecule has 0 fully saturated rings. The van der Waals surface area contributed by atoms with Crippen LogP contribution in [0.15, 0.2) is 72.4 Å². The van der Waals surface area contributed by atoms with E-state index in [0.29, 0.717) is 32.6 Å². The Labute approximate surface area is 196 Å². The van der Waals surface area contributed by atoms with Crippen LogP contribution in [0.5, 0.6) is 5.75 Å². The van der Waals surface area contributed by atoms with E-state index in [-0.39, 0.29) is 17.8 Å². The Hall–Kier alpha value is -3.28. The molecule has 4 rings (SSSR count). The fraction of sp³-hybridized carbons (Fsp3) is 0.120. The molecule has 0 saturated heterocycles. The molecule has 32 heavy (non-hydrogen) atoms. The number of hydrogen-bond acceptors (Lipinski definition) is 4. The van der Waals surface area contributed by atoms with Crippen molar-refractivity contribution in [3.63, 3.8) is 0 Å². The number of aryl methyl sites for hydroxylation is 1. The summed E-state index contributed by atoms with van der Waals surface area (Å²) in [6, 6.07) is 19.6. The van der Waals surface area contributed by atoms with E-state index in [4.69, 9.17) is 27.9 Å². The summed E-state index contributed by atoms with van der Waals surface area (Å²) in [4.78, 5) is 28.2. The van der Waals surface area contributed by atoms with Crippen molar-refractivity contribution in [2.75, 3.05) is 12.4 Å². The SMILES string of the molecule is COc1ccccc1C1=C(Nc2cc(Cl)ccc2C)C(=O)N(Cc2ccccc2Cl)C1=O. The van der Waals surface area contributed by atoms with Crippen molar-refractivity contribution in [2.45, 2.75) is 13.5 Å². The summed E-state index contributed by atoms with van der Waals surface area (Å²) in [6.45, 7) is 1.94. The molecule has 162 valence electrons. The number of nitrogens with one attached hydrogen (secondary N) is 1. The van der Waals surface area contributed by atoms with E-state index in [1.807, 2.05) is 19.1 Å². The number of halogens is 2. The van der Waals surface area contributed by atoms with Crippen LogP contribution in [0.3, 0.4) is 0 Å². The molecular weight excluding hydrogens is 447 g/mol. The number of amides is 2. The Morgan fingerprint density at radius 1 is 0.938 bits per heavy atom. The van der Waals surface area contributed by atoms with Crippen molar-refractivity contribution in [1.82, 2.24) is 4.90 Å². The minimum atomic E-state index is -0.449. The molecule has 0 unspecified atom stereocenters. The lowest BCUT2D eigenvalue weighted by Gasteiger charge is -2.16. The van der Waals surface area contributed by atoms with Crippen molar-refractivity contribution in [3.05, 3.63) is 99.2 Å². The molecule has 0 spiro atoms. The fourth-order valence-corrected chi connectivity index (χ4v) is 3.96. The highest BCUT2D eigenvalue weighted by atomic mass is 35.5. The molecule has 0 aromatic heterocycles. The molecule has 2 amide bonds. The Morgan fingerprint density at radius 2 is 1.66 bits per heavy atom. The van der Waals surface area contributed by atoms with Crippen LogP contribution >= 0.6 is 23.2 Å². The van der Waals surface area contributed by atoms with Gasteiger partial charge in [0.15, 0.2) is 0 Å². The maximum atomic E-state index is 13.5. The monoisotopic (exact) mass is 466 g/mol. The Morgan fingerprint density at radius 3 is 2.41 bits per heavy atom. The number of carbonyl (C=O) groups is 2. The Balaban J connectivity index is 1.82. The summed E-state index contributed by atoms with van der Waals surface area (Å²) in [5.74, 6) is -0.387. The highest BCUT2D eigenvalue weighted by Crippen LogP contribution is 2.37. The molecular formula is C25H20Cl2N2O3. The molecule has 1 heterocycles. The lowest BCUT2D eigenvalue weighted by molar-refractivity contribution is -0.137. The van der Waals surface area contributed by atoms with Crippen LogP contribution in [0.2, 0.25) is 10.0 Å². The number of imide groups is 1. The predicted octanol–water partition coefficient (Wildman–Crippen LogP) is 5.70. The minimum Gasteiger partial charge on any atom is -0.496 e. The van der Waals surface area contributed by atoms with Gasteiger partial charge in [0.05, 0.1) is 19.2 Å². The zero-order valence-corrected chi connectivity index (χ0v) is 19.0. The molecule has 3 aromatic rings. The zero-order chi connectivity index (χ0) is 22.8. The molecule has 1 aliphatic heterocycles. The summed E-state index contributed by atoms with van der Waals surface area (Å²) < 4.78 is 5.47. The Kier molecular flexibility index (Phi) is 6.21. The van der Waals surface area contributed by atoms with Crippen molar-refractivity contribution in [1.29, 1.82) is 0 Å². The van der Waals surface area contributed by atoms with Gasteiger partial charge in [0.2, 0.25) is 0 Å². The average molecular weight is 467 g/mol. The number of anilines is 1. The van der Waals surface area contributed by atoms with Crippen LogP contribution in [-0.4, -0.2) is 23.8 Å². The van der Waals surface area contributed by atoms with Crippen LogP contribution in [0.1, 0.15) is 16.7 Å². The first-order chi connectivity index (χ1) is 15.4. The van der Waals surface area contributed by atoms with Gasteiger partial charge in [0.1, 0.15) is 11.4 Å². The first-order valence-electron chi connectivity index (χ1n) is 9.91. The van der Waals surface area contributed by atoms with Crippen molar-refractivity contribution in [3.8, 4) is 5.75 Å². The molecule has 0 saturated carbocycles. The van der Waals surface area contributed by atoms with E-state index in [2.05, 4.69) is 5.32 Å².